The Kier molecular flexibility index (Phi) is 17.7. The van der Waals surface area contributed by atoms with Gasteiger partial charge in [-0.3, -0.25) is 0 Å². The largest absolute Gasteiger partial charge is 0.494 e. The highest BCUT2D eigenvalue weighted by molar-refractivity contribution is 7.98. The number of ether oxygens (including phenoxy) is 2. The van der Waals surface area contributed by atoms with Crippen LogP contribution in [0.4, 0.5) is 0 Å². The highest BCUT2D eigenvalue weighted by Crippen LogP contribution is 2.43. The van der Waals surface area contributed by atoms with Crippen molar-refractivity contribution < 1.29 is 18.4 Å². The molecular formula is C78H74B2N6O2S4. The molecule has 8 aromatic carbocycles. The summed E-state index contributed by atoms with van der Waals surface area (Å²) in [6, 6.07) is 80.9. The summed E-state index contributed by atoms with van der Waals surface area (Å²) in [5, 5.41) is 30.4. The van der Waals surface area contributed by atoms with E-state index in [9.17, 15) is 10.5 Å². The van der Waals surface area contributed by atoms with E-state index in [0.29, 0.717) is 24.4 Å². The Balaban J connectivity index is 1.20. The van der Waals surface area contributed by atoms with E-state index in [-0.39, 0.29) is 0 Å². The summed E-state index contributed by atoms with van der Waals surface area (Å²) in [7, 11) is 0. The molecule has 0 spiro atoms. The number of nitriles is 2. The van der Waals surface area contributed by atoms with Gasteiger partial charge in [0.15, 0.2) is 22.2 Å². The van der Waals surface area contributed by atoms with Gasteiger partial charge in [0.05, 0.1) is 13.2 Å². The van der Waals surface area contributed by atoms with E-state index >= 15 is 0 Å². The Labute approximate surface area is 556 Å². The average Bonchev–Trinajstić information content (AvgIpc) is 1.46. The predicted molar refractivity (Wildman–Crippen MR) is 389 cm³/mol. The van der Waals surface area contributed by atoms with Crippen molar-refractivity contribution in [2.45, 2.75) is 101 Å². The minimum absolute atomic E-state index is 0.563. The lowest BCUT2D eigenvalue weighted by Crippen LogP contribution is -2.86. The van der Waals surface area contributed by atoms with Gasteiger partial charge in [0, 0.05) is 54.8 Å². The van der Waals surface area contributed by atoms with Crippen LogP contribution >= 0.6 is 46.2 Å². The number of nitrogens with zero attached hydrogens (tertiary/aromatic N) is 6. The van der Waals surface area contributed by atoms with Crippen LogP contribution in [0, 0.1) is 22.7 Å². The zero-order chi connectivity index (χ0) is 62.8. The molecule has 0 saturated heterocycles. The number of fused-ring (bicyclic) bond motifs is 11. The van der Waals surface area contributed by atoms with Crippen LogP contribution in [0.5, 0.6) is 11.5 Å². The van der Waals surface area contributed by atoms with Crippen molar-refractivity contribution in [3.8, 4) is 46.2 Å². The van der Waals surface area contributed by atoms with Crippen LogP contribution in [-0.4, -0.2) is 47.5 Å². The molecule has 0 aliphatic carbocycles. The summed E-state index contributed by atoms with van der Waals surface area (Å²) < 4.78 is 25.7. The van der Waals surface area contributed by atoms with Crippen molar-refractivity contribution in [2.24, 2.45) is 0 Å². The zero-order valence-electron chi connectivity index (χ0n) is 52.8. The van der Waals surface area contributed by atoms with Crippen molar-refractivity contribution in [1.82, 2.24) is 8.96 Å². The minimum atomic E-state index is -2.36. The van der Waals surface area contributed by atoms with Crippen LogP contribution in [-0.2, 0) is 0 Å². The zero-order valence-corrected chi connectivity index (χ0v) is 56.1. The third-order valence-electron chi connectivity index (χ3n) is 19.3. The van der Waals surface area contributed by atoms with Crippen molar-refractivity contribution in [3.63, 3.8) is 0 Å². The van der Waals surface area contributed by atoms with E-state index in [2.05, 4.69) is 263 Å². The molecule has 0 N–H and O–H groups in total. The van der Waals surface area contributed by atoms with Crippen LogP contribution in [0.2, 0.25) is 0 Å². The van der Waals surface area contributed by atoms with Crippen LogP contribution in [0.1, 0.15) is 101 Å². The number of aromatic nitrogens is 4. The van der Waals surface area contributed by atoms with Crippen molar-refractivity contribution in [1.29, 1.82) is 10.5 Å². The van der Waals surface area contributed by atoms with Gasteiger partial charge in [-0.1, -0.05) is 222 Å². The first kappa shape index (κ1) is 61.0. The van der Waals surface area contributed by atoms with Crippen LogP contribution < -0.4 is 51.0 Å². The Hall–Kier alpha value is -8.49. The summed E-state index contributed by atoms with van der Waals surface area (Å²) in [6.07, 6.45) is 13.6. The molecule has 14 heteroatoms. The fourth-order valence-electron chi connectivity index (χ4n) is 15.3. The molecule has 92 heavy (non-hydrogen) atoms. The van der Waals surface area contributed by atoms with Crippen molar-refractivity contribution in [2.75, 3.05) is 25.7 Å². The summed E-state index contributed by atoms with van der Waals surface area (Å²) >= 11 is 6.83. The van der Waals surface area contributed by atoms with E-state index in [0.717, 1.165) is 143 Å². The monoisotopic (exact) mass is 1280 g/mol. The fourth-order valence-corrected chi connectivity index (χ4v) is 18.8. The smallest absolute Gasteiger partial charge is 0.436 e. The first-order chi connectivity index (χ1) is 45.4. The Morgan fingerprint density at radius 2 is 0.761 bits per heavy atom. The summed E-state index contributed by atoms with van der Waals surface area (Å²) in [6.45, 7) is 5.78. The van der Waals surface area contributed by atoms with E-state index in [4.69, 9.17) is 9.47 Å². The molecule has 0 fully saturated rings. The molecular weight excluding hydrogens is 1200 g/mol. The standard InChI is InChI=1S/C78H74B2N6O2S4/c1-5-7-9-11-13-27-49-87-61-41-37-55(38-42-61)73-71-72(76-66(54-82)78-83(67-47-45-63(89-3)51-69(67)92-78)79(85(73)76,57-29-19-15-20-30-57)58-31-21-16-22-32-58)74(56-39-43-62(44-40-56)88-50-28-14-12-10-8-6-2)86-75(71)65(53-81)77-84(68-48-46-64(90-4)52-70(68)91-77)80(86,59-33-23-17-24-34-59)60-35-25-18-26-36-60/h15-26,29-48,51-52H,5-14,27-28,49-50H2,1-4H3. The quantitative estimate of drug-likeness (QED) is 0.0340. The number of thioether (sulfide) groups is 2. The van der Waals surface area contributed by atoms with Gasteiger partial charge in [-0.2, -0.15) is 10.5 Å². The highest BCUT2D eigenvalue weighted by atomic mass is 32.2. The van der Waals surface area contributed by atoms with Crippen molar-refractivity contribution in [3.05, 3.63) is 227 Å². The molecule has 4 aromatic heterocycles. The molecule has 2 aliphatic heterocycles. The third-order valence-corrected chi connectivity index (χ3v) is 23.1. The van der Waals surface area contributed by atoms with Crippen LogP contribution in [0.25, 0.3) is 64.9 Å². The third kappa shape index (κ3) is 10.2. The number of hydrogen-bond donors (Lipinski definition) is 0. The SMILES string of the molecule is CCCCCCCCOc1ccc(-c2c3c4n(c(-c5ccc(OCCCCCCCC)cc5)c3c3n2[B-](c2ccccc2)(c2ccccc2)[n+]2c(sc5cc(SC)ccc52)C=3C#N)[B-](c2ccccc2)(c2ccccc2)[n+]2c(sc3cc(SC)ccc32)C=4C#N)cc1. The lowest BCUT2D eigenvalue weighted by Gasteiger charge is -2.43. The Morgan fingerprint density at radius 1 is 0.424 bits per heavy atom. The first-order valence-corrected chi connectivity index (χ1v) is 37.0. The second kappa shape index (κ2) is 26.6. The molecule has 0 atom stereocenters. The molecule has 0 unspecified atom stereocenters. The maximum Gasteiger partial charge on any atom is 0.436 e. The van der Waals surface area contributed by atoms with Gasteiger partial charge >= 0.3 is 12.8 Å². The fraction of sp³-hybridized carbons (Fsp3) is 0.231. The van der Waals surface area contributed by atoms with Crippen LogP contribution in [0.3, 0.4) is 0 Å². The Bertz CT molecular complexity index is 4510. The van der Waals surface area contributed by atoms with E-state index in [1.54, 1.807) is 46.2 Å². The van der Waals surface area contributed by atoms with Gasteiger partial charge in [0.2, 0.25) is 10.0 Å². The molecule has 6 heterocycles. The summed E-state index contributed by atoms with van der Waals surface area (Å²) in [5.74, 6) is 1.60. The number of benzene rings is 8. The number of thiazole rings is 2. The molecule has 458 valence electrons. The van der Waals surface area contributed by atoms with Gasteiger partial charge in [0.25, 0.3) is 0 Å². The number of hydrogen-bond acceptors (Lipinski definition) is 8. The molecule has 12 aromatic rings. The van der Waals surface area contributed by atoms with E-state index in [1.807, 2.05) is 0 Å². The minimum Gasteiger partial charge on any atom is -0.494 e. The van der Waals surface area contributed by atoms with Gasteiger partial charge in [-0.05, 0) is 109 Å². The summed E-state index contributed by atoms with van der Waals surface area (Å²) in [5.41, 5.74) is 11.2. The van der Waals surface area contributed by atoms with Crippen LogP contribution in [0.15, 0.2) is 216 Å². The van der Waals surface area contributed by atoms with Gasteiger partial charge in [-0.15, -0.1) is 45.4 Å². The maximum absolute atomic E-state index is 12.6. The maximum atomic E-state index is 12.6. The lowest BCUT2D eigenvalue weighted by atomic mass is 9.35. The highest BCUT2D eigenvalue weighted by Gasteiger charge is 2.56. The number of rotatable bonds is 24. The average molecular weight is 1280 g/mol. The molecule has 0 saturated carbocycles. The molecule has 0 bridgehead atoms. The second-order valence-electron chi connectivity index (χ2n) is 24.6. The molecule has 14 rings (SSSR count). The summed E-state index contributed by atoms with van der Waals surface area (Å²) in [4.78, 5) is 2.30. The van der Waals surface area contributed by atoms with Gasteiger partial charge in [0.1, 0.15) is 33.0 Å². The normalized spacial score (nSPS) is 13.6. The lowest BCUT2D eigenvalue weighted by molar-refractivity contribution is -0.513. The molecule has 0 amide bonds. The van der Waals surface area contributed by atoms with Gasteiger partial charge in [-0.25, -0.2) is 0 Å². The topological polar surface area (TPSA) is 83.7 Å². The van der Waals surface area contributed by atoms with Crippen molar-refractivity contribution >= 4 is 123 Å². The molecule has 8 nitrogen and oxygen atoms in total. The predicted octanol–water partition coefficient (Wildman–Crippen LogP) is 15.1. The molecule has 2 aliphatic rings. The van der Waals surface area contributed by atoms with E-state index in [1.165, 1.54) is 51.4 Å². The second-order valence-corrected chi connectivity index (χ2v) is 28.4. The Morgan fingerprint density at radius 3 is 1.09 bits per heavy atom. The number of unbranched alkanes of at least 4 members (excludes halogenated alkanes) is 10. The first-order valence-electron chi connectivity index (χ1n) is 32.9. The molecule has 0 radical (unpaired) electrons. The van der Waals surface area contributed by atoms with E-state index < -0.39 is 12.8 Å². The van der Waals surface area contributed by atoms with Gasteiger partial charge < -0.3 is 27.4 Å².